The van der Waals surface area contributed by atoms with Crippen molar-refractivity contribution in [2.75, 3.05) is 25.0 Å². The Morgan fingerprint density at radius 2 is 1.76 bits per heavy atom. The predicted molar refractivity (Wildman–Crippen MR) is 146 cm³/mol. The van der Waals surface area contributed by atoms with Crippen LogP contribution in [0.5, 0.6) is 5.75 Å². The summed E-state index contributed by atoms with van der Waals surface area (Å²) < 4.78 is 6.68. The monoisotopic (exact) mass is 536 g/mol. The van der Waals surface area contributed by atoms with Gasteiger partial charge in [-0.1, -0.05) is 58.5 Å². The summed E-state index contributed by atoms with van der Waals surface area (Å²) in [6, 6.07) is 24.1. The van der Waals surface area contributed by atoms with Gasteiger partial charge in [0.15, 0.2) is 6.61 Å². The zero-order chi connectivity index (χ0) is 23.9. The van der Waals surface area contributed by atoms with Gasteiger partial charge in [-0.15, -0.1) is 0 Å². The molecule has 0 aromatic heterocycles. The van der Waals surface area contributed by atoms with Gasteiger partial charge in [0, 0.05) is 28.8 Å². The molecule has 176 valence electrons. The van der Waals surface area contributed by atoms with E-state index in [1.165, 1.54) is 5.56 Å². The highest BCUT2D eigenvalue weighted by Gasteiger charge is 2.21. The predicted octanol–water partition coefficient (Wildman–Crippen LogP) is 6.41. The van der Waals surface area contributed by atoms with Crippen LogP contribution >= 0.6 is 28.1 Å². The molecule has 3 aromatic rings. The van der Waals surface area contributed by atoms with Crippen molar-refractivity contribution in [1.29, 1.82) is 0 Å². The Kier molecular flexibility index (Phi) is 8.35. The van der Waals surface area contributed by atoms with Crippen molar-refractivity contribution in [3.8, 4) is 5.75 Å². The van der Waals surface area contributed by atoms with E-state index in [9.17, 15) is 4.79 Å². The highest BCUT2D eigenvalue weighted by atomic mass is 79.9. The minimum absolute atomic E-state index is 0.0478. The summed E-state index contributed by atoms with van der Waals surface area (Å²) >= 11 is 9.23. The number of carbonyl (C=O) groups is 1. The van der Waals surface area contributed by atoms with E-state index < -0.39 is 0 Å². The van der Waals surface area contributed by atoms with Crippen LogP contribution in [0.1, 0.15) is 29.5 Å². The first-order valence-electron chi connectivity index (χ1n) is 11.6. The van der Waals surface area contributed by atoms with E-state index >= 15 is 0 Å². The number of hydrogen-bond donors (Lipinski definition) is 1. The molecule has 1 aliphatic heterocycles. The highest BCUT2D eigenvalue weighted by Crippen LogP contribution is 2.24. The summed E-state index contributed by atoms with van der Waals surface area (Å²) in [6.07, 6.45) is 3.45. The third-order valence-electron chi connectivity index (χ3n) is 6.18. The Morgan fingerprint density at radius 3 is 2.44 bits per heavy atom. The lowest BCUT2D eigenvalue weighted by Gasteiger charge is -2.34. The van der Waals surface area contributed by atoms with E-state index in [-0.39, 0.29) is 12.5 Å². The van der Waals surface area contributed by atoms with Gasteiger partial charge in [-0.2, -0.15) is 0 Å². The molecule has 1 amide bonds. The van der Waals surface area contributed by atoms with Gasteiger partial charge in [0.25, 0.3) is 5.91 Å². The fraction of sp³-hybridized carbons (Fsp3) is 0.286. The number of carbonyl (C=O) groups excluding carboxylic acids is 1. The van der Waals surface area contributed by atoms with Crippen LogP contribution in [-0.2, 0) is 11.2 Å². The summed E-state index contributed by atoms with van der Waals surface area (Å²) in [5.74, 6) is 1.17. The topological polar surface area (TPSA) is 41.6 Å². The zero-order valence-corrected chi connectivity index (χ0v) is 21.7. The number of hydrogen-bond acceptors (Lipinski definition) is 3. The largest absolute Gasteiger partial charge is 0.484 e. The third-order valence-corrected chi connectivity index (χ3v) is 7.57. The second-order valence-electron chi connectivity index (χ2n) is 8.75. The first-order valence-corrected chi connectivity index (χ1v) is 12.8. The van der Waals surface area contributed by atoms with Crippen LogP contribution in [0.15, 0.2) is 77.3 Å². The molecule has 4 rings (SSSR count). The molecule has 0 unspecified atom stereocenters. The highest BCUT2D eigenvalue weighted by molar-refractivity contribution is 9.10. The van der Waals surface area contributed by atoms with Crippen molar-refractivity contribution >= 4 is 44.7 Å². The quantitative estimate of drug-likeness (QED) is 0.354. The van der Waals surface area contributed by atoms with Gasteiger partial charge in [-0.05, 0) is 85.7 Å². The second kappa shape index (κ2) is 11.6. The van der Waals surface area contributed by atoms with Gasteiger partial charge in [-0.3, -0.25) is 4.79 Å². The normalized spacial score (nSPS) is 14.0. The van der Waals surface area contributed by atoms with Crippen molar-refractivity contribution in [3.63, 3.8) is 0 Å². The summed E-state index contributed by atoms with van der Waals surface area (Å²) in [5.41, 5.74) is 4.24. The van der Waals surface area contributed by atoms with Crippen LogP contribution in [0, 0.1) is 12.8 Å². The Labute approximate surface area is 215 Å². The summed E-state index contributed by atoms with van der Waals surface area (Å²) in [5, 5.41) is 2.86. The molecule has 0 saturated carbocycles. The summed E-state index contributed by atoms with van der Waals surface area (Å²) in [7, 11) is 0. The summed E-state index contributed by atoms with van der Waals surface area (Å²) in [6.45, 7) is 3.91. The van der Waals surface area contributed by atoms with E-state index in [2.05, 4.69) is 56.5 Å². The number of thiocarbonyl (C=S) groups is 1. The zero-order valence-electron chi connectivity index (χ0n) is 19.3. The minimum Gasteiger partial charge on any atom is -0.484 e. The van der Waals surface area contributed by atoms with Crippen molar-refractivity contribution in [1.82, 2.24) is 4.90 Å². The van der Waals surface area contributed by atoms with Gasteiger partial charge < -0.3 is 15.0 Å². The number of nitrogens with zero attached hydrogens (tertiary/aromatic N) is 1. The lowest BCUT2D eigenvalue weighted by Crippen LogP contribution is -2.38. The molecule has 1 fully saturated rings. The molecular formula is C28H29BrN2O2S. The first kappa shape index (κ1) is 24.4. The van der Waals surface area contributed by atoms with E-state index in [1.54, 1.807) is 0 Å². The number of rotatable bonds is 7. The van der Waals surface area contributed by atoms with E-state index in [4.69, 9.17) is 17.0 Å². The molecule has 3 aromatic carbocycles. The second-order valence-corrected chi connectivity index (χ2v) is 9.99. The number of nitrogens with one attached hydrogen (secondary N) is 1. The number of amides is 1. The third kappa shape index (κ3) is 6.67. The molecular weight excluding hydrogens is 508 g/mol. The molecule has 1 aliphatic rings. The molecule has 4 nitrogen and oxygen atoms in total. The smallest absolute Gasteiger partial charge is 0.262 e. The Balaban J connectivity index is 1.23. The molecule has 0 aliphatic carbocycles. The van der Waals surface area contributed by atoms with Crippen LogP contribution in [0.4, 0.5) is 5.69 Å². The van der Waals surface area contributed by atoms with Crippen molar-refractivity contribution in [2.24, 2.45) is 5.92 Å². The molecule has 34 heavy (non-hydrogen) atoms. The average Bonchev–Trinajstić information content (AvgIpc) is 2.86. The van der Waals surface area contributed by atoms with Crippen LogP contribution in [0.25, 0.3) is 0 Å². The molecule has 1 N–H and O–H groups in total. The lowest BCUT2D eigenvalue weighted by molar-refractivity contribution is -0.118. The maximum atomic E-state index is 12.2. The molecule has 1 heterocycles. The van der Waals surface area contributed by atoms with Crippen molar-refractivity contribution in [3.05, 3.63) is 94.0 Å². The molecule has 0 spiro atoms. The number of anilines is 1. The average molecular weight is 538 g/mol. The van der Waals surface area contributed by atoms with Gasteiger partial charge in [0.1, 0.15) is 10.7 Å². The Bertz CT molecular complexity index is 1130. The fourth-order valence-corrected chi connectivity index (χ4v) is 4.80. The number of piperidine rings is 1. The molecule has 0 bridgehead atoms. The first-order chi connectivity index (χ1) is 16.5. The maximum Gasteiger partial charge on any atom is 0.262 e. The fourth-order valence-electron chi connectivity index (χ4n) is 4.23. The molecule has 6 heteroatoms. The van der Waals surface area contributed by atoms with E-state index in [0.29, 0.717) is 11.7 Å². The van der Waals surface area contributed by atoms with E-state index in [1.807, 2.05) is 49.4 Å². The number of likely N-dealkylation sites (tertiary alicyclic amines) is 1. The van der Waals surface area contributed by atoms with Gasteiger partial charge >= 0.3 is 0 Å². The van der Waals surface area contributed by atoms with E-state index in [0.717, 1.165) is 58.6 Å². The van der Waals surface area contributed by atoms with Gasteiger partial charge in [0.2, 0.25) is 0 Å². The molecule has 0 atom stereocenters. The van der Waals surface area contributed by atoms with Gasteiger partial charge in [0.05, 0.1) is 0 Å². The number of ether oxygens (including phenoxy) is 1. The van der Waals surface area contributed by atoms with Gasteiger partial charge in [-0.25, -0.2) is 0 Å². The standard InChI is InChI=1S/C28H29BrN2O2S/c1-20-17-24(9-12-26(20)29)30-27(32)19-33-25-10-7-23(8-11-25)28(34)31-15-13-22(14-16-31)18-21-5-3-2-4-6-21/h2-12,17,22H,13-16,18-19H2,1H3,(H,30,32). The molecule has 0 radical (unpaired) electrons. The molecule has 1 saturated heterocycles. The Hall–Kier alpha value is -2.70. The lowest BCUT2D eigenvalue weighted by atomic mass is 9.90. The van der Waals surface area contributed by atoms with Crippen LogP contribution in [-0.4, -0.2) is 35.5 Å². The number of halogens is 1. The van der Waals surface area contributed by atoms with Crippen LogP contribution in [0.2, 0.25) is 0 Å². The van der Waals surface area contributed by atoms with Crippen molar-refractivity contribution < 1.29 is 9.53 Å². The summed E-state index contributed by atoms with van der Waals surface area (Å²) in [4.78, 5) is 15.4. The maximum absolute atomic E-state index is 12.2. The number of benzene rings is 3. The Morgan fingerprint density at radius 1 is 1.06 bits per heavy atom. The van der Waals surface area contributed by atoms with Crippen LogP contribution < -0.4 is 10.1 Å². The SMILES string of the molecule is Cc1cc(NC(=O)COc2ccc(C(=S)N3CCC(Cc4ccccc4)CC3)cc2)ccc1Br. The number of aryl methyl sites for hydroxylation is 1. The van der Waals surface area contributed by atoms with Crippen LogP contribution in [0.3, 0.4) is 0 Å². The minimum atomic E-state index is -0.195. The van der Waals surface area contributed by atoms with Crippen molar-refractivity contribution in [2.45, 2.75) is 26.2 Å².